The first kappa shape index (κ1) is 20.4. The van der Waals surface area contributed by atoms with Crippen molar-refractivity contribution in [2.75, 3.05) is 33.4 Å². The minimum atomic E-state index is 0.272. The first-order chi connectivity index (χ1) is 15.2. The zero-order valence-corrected chi connectivity index (χ0v) is 18.7. The van der Waals surface area contributed by atoms with Crippen molar-refractivity contribution in [2.24, 2.45) is 7.05 Å². The monoisotopic (exact) mass is 423 g/mol. The lowest BCUT2D eigenvalue weighted by Gasteiger charge is -2.16. The lowest BCUT2D eigenvalue weighted by Crippen LogP contribution is -2.21. The van der Waals surface area contributed by atoms with Crippen LogP contribution >= 0.6 is 0 Å². The number of methoxy groups -OCH3 is 1. The summed E-state index contributed by atoms with van der Waals surface area (Å²) in [4.78, 5) is 7.12. The van der Waals surface area contributed by atoms with Gasteiger partial charge in [0, 0.05) is 31.2 Å². The van der Waals surface area contributed by atoms with E-state index in [1.54, 1.807) is 7.11 Å². The van der Waals surface area contributed by atoms with E-state index in [4.69, 9.17) is 14.2 Å². The molecule has 0 bridgehead atoms. The van der Waals surface area contributed by atoms with E-state index in [1.807, 2.05) is 6.20 Å². The maximum atomic E-state index is 6.34. The Morgan fingerprint density at radius 1 is 1.03 bits per heavy atom. The van der Waals surface area contributed by atoms with Gasteiger partial charge in [-0.2, -0.15) is 0 Å². The van der Waals surface area contributed by atoms with Gasteiger partial charge in [-0.1, -0.05) is 0 Å². The minimum Gasteiger partial charge on any atom is -0.493 e. The van der Waals surface area contributed by atoms with Crippen molar-refractivity contribution in [3.63, 3.8) is 0 Å². The third-order valence-electron chi connectivity index (χ3n) is 6.82. The van der Waals surface area contributed by atoms with E-state index in [0.717, 1.165) is 65.0 Å². The van der Waals surface area contributed by atoms with Crippen LogP contribution in [0.5, 0.6) is 17.4 Å². The Morgan fingerprint density at radius 3 is 2.61 bits per heavy atom. The van der Waals surface area contributed by atoms with E-state index in [1.165, 1.54) is 38.8 Å². The summed E-state index contributed by atoms with van der Waals surface area (Å²) in [5.41, 5.74) is 2.22. The Hall–Kier alpha value is -2.47. The van der Waals surface area contributed by atoms with Crippen LogP contribution in [0, 0.1) is 0 Å². The van der Waals surface area contributed by atoms with E-state index in [2.05, 4.69) is 39.7 Å². The molecule has 0 spiro atoms. The van der Waals surface area contributed by atoms with Gasteiger partial charge in [0.2, 0.25) is 5.88 Å². The average molecular weight is 424 g/mol. The van der Waals surface area contributed by atoms with Crippen molar-refractivity contribution in [1.29, 1.82) is 0 Å². The molecule has 2 aliphatic rings. The summed E-state index contributed by atoms with van der Waals surface area (Å²) in [7, 11) is 3.80. The molecule has 3 aromatic rings. The van der Waals surface area contributed by atoms with Crippen LogP contribution in [-0.4, -0.2) is 53.9 Å². The van der Waals surface area contributed by atoms with Gasteiger partial charge < -0.3 is 23.7 Å². The normalized spacial score (nSPS) is 17.7. The molecule has 2 fully saturated rings. The zero-order valence-electron chi connectivity index (χ0n) is 18.7. The number of rotatable bonds is 8. The number of pyridine rings is 1. The van der Waals surface area contributed by atoms with Gasteiger partial charge in [-0.15, -0.1) is 0 Å². The highest BCUT2D eigenvalue weighted by Gasteiger charge is 2.22. The number of fused-ring (bicyclic) bond motifs is 3. The maximum Gasteiger partial charge on any atom is 0.223 e. The van der Waals surface area contributed by atoms with E-state index in [9.17, 15) is 0 Å². The molecule has 0 atom stereocenters. The number of hydrogen-bond donors (Lipinski definition) is 0. The SMILES string of the molecule is COc1cc2c3c(OC4CCCC4)nccc3n(C)c2cc1OCCCN1CCCC1. The molecule has 0 radical (unpaired) electrons. The lowest BCUT2D eigenvalue weighted by molar-refractivity contribution is 0.204. The van der Waals surface area contributed by atoms with E-state index in [-0.39, 0.29) is 6.10 Å². The number of likely N-dealkylation sites (tertiary alicyclic amines) is 1. The van der Waals surface area contributed by atoms with Crippen molar-refractivity contribution < 1.29 is 14.2 Å². The number of ether oxygens (including phenoxy) is 3. The highest BCUT2D eigenvalue weighted by molar-refractivity contribution is 6.11. The number of nitrogens with zero attached hydrogens (tertiary/aromatic N) is 3. The summed E-state index contributed by atoms with van der Waals surface area (Å²) in [6, 6.07) is 6.24. The number of aryl methyl sites for hydroxylation is 1. The summed E-state index contributed by atoms with van der Waals surface area (Å²) in [5.74, 6) is 2.29. The third-order valence-corrected chi connectivity index (χ3v) is 6.82. The van der Waals surface area contributed by atoms with Crippen molar-refractivity contribution in [1.82, 2.24) is 14.5 Å². The largest absolute Gasteiger partial charge is 0.493 e. The fourth-order valence-corrected chi connectivity index (χ4v) is 5.12. The van der Waals surface area contributed by atoms with Crippen LogP contribution in [0.4, 0.5) is 0 Å². The summed E-state index contributed by atoms with van der Waals surface area (Å²) in [6.45, 7) is 4.25. The lowest BCUT2D eigenvalue weighted by atomic mass is 10.1. The molecule has 31 heavy (non-hydrogen) atoms. The van der Waals surface area contributed by atoms with Crippen LogP contribution in [0.25, 0.3) is 21.8 Å². The van der Waals surface area contributed by atoms with Crippen molar-refractivity contribution >= 4 is 21.8 Å². The first-order valence-electron chi connectivity index (χ1n) is 11.7. The Balaban J connectivity index is 1.43. The van der Waals surface area contributed by atoms with Gasteiger partial charge in [0.05, 0.1) is 30.1 Å². The summed E-state index contributed by atoms with van der Waals surface area (Å²) >= 11 is 0. The van der Waals surface area contributed by atoms with Gasteiger partial charge in [0.15, 0.2) is 11.5 Å². The second kappa shape index (κ2) is 8.95. The van der Waals surface area contributed by atoms with Crippen LogP contribution < -0.4 is 14.2 Å². The second-order valence-electron chi connectivity index (χ2n) is 8.86. The van der Waals surface area contributed by atoms with Crippen LogP contribution in [-0.2, 0) is 7.05 Å². The average Bonchev–Trinajstić information content (AvgIpc) is 3.54. The zero-order chi connectivity index (χ0) is 21.2. The number of hydrogen-bond acceptors (Lipinski definition) is 5. The summed E-state index contributed by atoms with van der Waals surface area (Å²) < 4.78 is 20.4. The molecule has 0 N–H and O–H groups in total. The standard InChI is InChI=1S/C25H33N3O3/c1-27-20-10-11-26-25(31-18-8-3-4-9-18)24(20)19-16-22(29-2)23(17-21(19)27)30-15-7-14-28-12-5-6-13-28/h10-11,16-18H,3-9,12-15H2,1-2H3. The Kier molecular flexibility index (Phi) is 5.90. The van der Waals surface area contributed by atoms with Gasteiger partial charge >= 0.3 is 0 Å². The predicted octanol–water partition coefficient (Wildman–Crippen LogP) is 4.92. The summed E-state index contributed by atoms with van der Waals surface area (Å²) in [5, 5.41) is 2.16. The van der Waals surface area contributed by atoms with E-state index in [0.29, 0.717) is 6.61 Å². The molecule has 3 heterocycles. The molecule has 1 saturated carbocycles. The van der Waals surface area contributed by atoms with Crippen molar-refractivity contribution in [2.45, 2.75) is 51.0 Å². The molecule has 166 valence electrons. The van der Waals surface area contributed by atoms with Crippen LogP contribution in [0.1, 0.15) is 44.9 Å². The van der Waals surface area contributed by atoms with Gasteiger partial charge in [-0.25, -0.2) is 4.98 Å². The topological polar surface area (TPSA) is 48.8 Å². The molecule has 2 aromatic heterocycles. The van der Waals surface area contributed by atoms with Crippen molar-refractivity contribution in [3.05, 3.63) is 24.4 Å². The Bertz CT molecular complexity index is 1050. The van der Waals surface area contributed by atoms with Crippen LogP contribution in [0.3, 0.4) is 0 Å². The molecule has 5 rings (SSSR count). The van der Waals surface area contributed by atoms with Gasteiger partial charge in [0.1, 0.15) is 6.10 Å². The highest BCUT2D eigenvalue weighted by Crippen LogP contribution is 2.40. The first-order valence-corrected chi connectivity index (χ1v) is 11.7. The van der Waals surface area contributed by atoms with Crippen LogP contribution in [0.15, 0.2) is 24.4 Å². The van der Waals surface area contributed by atoms with Gasteiger partial charge in [-0.3, -0.25) is 0 Å². The van der Waals surface area contributed by atoms with Crippen LogP contribution in [0.2, 0.25) is 0 Å². The molecule has 6 heteroatoms. The van der Waals surface area contributed by atoms with Gasteiger partial charge in [-0.05, 0) is 70.2 Å². The fraction of sp³-hybridized carbons (Fsp3) is 0.560. The van der Waals surface area contributed by atoms with E-state index < -0.39 is 0 Å². The molecular weight excluding hydrogens is 390 g/mol. The number of aromatic nitrogens is 2. The molecule has 0 unspecified atom stereocenters. The molecule has 6 nitrogen and oxygen atoms in total. The minimum absolute atomic E-state index is 0.272. The van der Waals surface area contributed by atoms with Crippen molar-refractivity contribution in [3.8, 4) is 17.4 Å². The molecule has 1 aliphatic heterocycles. The smallest absolute Gasteiger partial charge is 0.223 e. The molecule has 1 aliphatic carbocycles. The Labute approximate surface area is 184 Å². The quantitative estimate of drug-likeness (QED) is 0.481. The summed E-state index contributed by atoms with van der Waals surface area (Å²) in [6.07, 6.45) is 10.5. The predicted molar refractivity (Wildman–Crippen MR) is 123 cm³/mol. The van der Waals surface area contributed by atoms with E-state index >= 15 is 0 Å². The number of benzene rings is 1. The molecule has 1 saturated heterocycles. The van der Waals surface area contributed by atoms with Gasteiger partial charge in [0.25, 0.3) is 0 Å². The maximum absolute atomic E-state index is 6.34. The Morgan fingerprint density at radius 2 is 1.84 bits per heavy atom. The molecule has 1 aromatic carbocycles. The highest BCUT2D eigenvalue weighted by atomic mass is 16.5. The fourth-order valence-electron chi connectivity index (χ4n) is 5.12. The third kappa shape index (κ3) is 4.05. The molecular formula is C25H33N3O3. The second-order valence-corrected chi connectivity index (χ2v) is 8.86. The molecule has 0 amide bonds.